The van der Waals surface area contributed by atoms with Gasteiger partial charge in [-0.2, -0.15) is 0 Å². The van der Waals surface area contributed by atoms with Crippen molar-refractivity contribution in [3.63, 3.8) is 0 Å². The molecular weight excluding hydrogens is 240 g/mol. The van der Waals surface area contributed by atoms with Gasteiger partial charge in [-0.05, 0) is 31.9 Å². The second kappa shape index (κ2) is 5.37. The highest BCUT2D eigenvalue weighted by Gasteiger charge is 2.32. The minimum atomic E-state index is 0.114. The highest BCUT2D eigenvalue weighted by molar-refractivity contribution is 5.79. The average molecular weight is 262 g/mol. The number of amides is 1. The van der Waals surface area contributed by atoms with Crippen LogP contribution in [0, 0.1) is 5.92 Å². The van der Waals surface area contributed by atoms with Gasteiger partial charge in [-0.1, -0.05) is 6.42 Å². The van der Waals surface area contributed by atoms with E-state index in [1.807, 2.05) is 11.8 Å². The fourth-order valence-electron chi connectivity index (χ4n) is 2.98. The molecule has 1 atom stereocenters. The highest BCUT2D eigenvalue weighted by Crippen LogP contribution is 2.29. The van der Waals surface area contributed by atoms with Crippen LogP contribution in [0.3, 0.4) is 0 Å². The van der Waals surface area contributed by atoms with Gasteiger partial charge >= 0.3 is 0 Å². The summed E-state index contributed by atoms with van der Waals surface area (Å²) in [4.78, 5) is 14.5. The molecule has 0 aromatic carbocycles. The van der Waals surface area contributed by atoms with Crippen molar-refractivity contribution in [1.82, 2.24) is 9.47 Å². The Bertz CT molecular complexity index is 451. The lowest BCUT2D eigenvalue weighted by molar-refractivity contribution is -0.140. The maximum Gasteiger partial charge on any atom is 0.226 e. The quantitative estimate of drug-likeness (QED) is 0.835. The second-order valence-electron chi connectivity index (χ2n) is 5.58. The van der Waals surface area contributed by atoms with Crippen molar-refractivity contribution in [2.45, 2.75) is 45.4 Å². The van der Waals surface area contributed by atoms with Crippen molar-refractivity contribution in [3.05, 3.63) is 24.0 Å². The van der Waals surface area contributed by atoms with Gasteiger partial charge < -0.3 is 14.2 Å². The summed E-state index contributed by atoms with van der Waals surface area (Å²) in [7, 11) is 0. The minimum Gasteiger partial charge on any atom is -0.375 e. The van der Waals surface area contributed by atoms with E-state index in [4.69, 9.17) is 4.74 Å². The van der Waals surface area contributed by atoms with Gasteiger partial charge in [0.25, 0.3) is 0 Å². The van der Waals surface area contributed by atoms with Crippen LogP contribution >= 0.6 is 0 Å². The lowest BCUT2D eigenvalue weighted by Gasteiger charge is -2.32. The van der Waals surface area contributed by atoms with E-state index in [2.05, 4.69) is 22.9 Å². The molecule has 2 aliphatic rings. The molecule has 19 heavy (non-hydrogen) atoms. The lowest BCUT2D eigenvalue weighted by Crippen LogP contribution is -2.42. The van der Waals surface area contributed by atoms with E-state index >= 15 is 0 Å². The molecule has 0 bridgehead atoms. The van der Waals surface area contributed by atoms with Crippen LogP contribution in [0.4, 0.5) is 0 Å². The van der Waals surface area contributed by atoms with Gasteiger partial charge in [-0.3, -0.25) is 4.79 Å². The second-order valence-corrected chi connectivity index (χ2v) is 5.58. The Morgan fingerprint density at radius 1 is 1.42 bits per heavy atom. The predicted molar refractivity (Wildman–Crippen MR) is 72.6 cm³/mol. The summed E-state index contributed by atoms with van der Waals surface area (Å²) in [5.41, 5.74) is 1.22. The number of fused-ring (bicyclic) bond motifs is 1. The van der Waals surface area contributed by atoms with Gasteiger partial charge in [0.15, 0.2) is 0 Å². The molecule has 0 unspecified atom stereocenters. The first-order chi connectivity index (χ1) is 9.28. The van der Waals surface area contributed by atoms with E-state index in [0.717, 1.165) is 32.5 Å². The molecule has 0 N–H and O–H groups in total. The van der Waals surface area contributed by atoms with Crippen molar-refractivity contribution in [2.24, 2.45) is 5.92 Å². The molecule has 4 heteroatoms. The maximum absolute atomic E-state index is 12.5. The highest BCUT2D eigenvalue weighted by atomic mass is 16.5. The molecular formula is C15H22N2O2. The van der Waals surface area contributed by atoms with Crippen LogP contribution in [-0.2, 0) is 22.6 Å². The summed E-state index contributed by atoms with van der Waals surface area (Å²) in [6, 6.07) is 4.16. The Morgan fingerprint density at radius 3 is 2.95 bits per heavy atom. The molecule has 1 aromatic rings. The summed E-state index contributed by atoms with van der Waals surface area (Å²) >= 11 is 0. The van der Waals surface area contributed by atoms with Gasteiger partial charge in [0.2, 0.25) is 5.91 Å². The first-order valence-corrected chi connectivity index (χ1v) is 7.32. The monoisotopic (exact) mass is 262 g/mol. The van der Waals surface area contributed by atoms with Crippen LogP contribution in [0.15, 0.2) is 18.3 Å². The number of hydrogen-bond donors (Lipinski definition) is 0. The van der Waals surface area contributed by atoms with E-state index in [1.54, 1.807) is 0 Å². The van der Waals surface area contributed by atoms with Crippen molar-refractivity contribution < 1.29 is 9.53 Å². The molecule has 0 radical (unpaired) electrons. The summed E-state index contributed by atoms with van der Waals surface area (Å²) < 4.78 is 8.00. The molecule has 2 heterocycles. The maximum atomic E-state index is 12.5. The molecule has 1 amide bonds. The van der Waals surface area contributed by atoms with Crippen LogP contribution in [0.5, 0.6) is 0 Å². The number of hydrogen-bond acceptors (Lipinski definition) is 2. The standard InChI is InChI=1S/C15H22N2O2/c1-2-19-14-10-16-8-4-7-13(16)9-17(11-14)15(18)12-5-3-6-12/h4,7-8,12,14H,2-3,5-6,9-11H2,1H3/t14-/m0/s1. The molecule has 1 aromatic heterocycles. The molecule has 4 nitrogen and oxygen atoms in total. The zero-order valence-corrected chi connectivity index (χ0v) is 11.5. The molecule has 1 aliphatic carbocycles. The summed E-state index contributed by atoms with van der Waals surface area (Å²) in [5.74, 6) is 0.592. The molecule has 1 saturated carbocycles. The van der Waals surface area contributed by atoms with E-state index in [9.17, 15) is 4.79 Å². The SMILES string of the molecule is CCO[C@@H]1CN(C(=O)C2CCC2)Cc2cccn2C1. The first-order valence-electron chi connectivity index (χ1n) is 7.32. The van der Waals surface area contributed by atoms with Crippen LogP contribution in [0.2, 0.25) is 0 Å². The van der Waals surface area contributed by atoms with Crippen molar-refractivity contribution >= 4 is 5.91 Å². The van der Waals surface area contributed by atoms with Crippen molar-refractivity contribution in [1.29, 1.82) is 0 Å². The third-order valence-corrected chi connectivity index (χ3v) is 4.27. The molecule has 1 aliphatic heterocycles. The average Bonchev–Trinajstić information content (AvgIpc) is 2.66. The van der Waals surface area contributed by atoms with Crippen molar-refractivity contribution in [2.75, 3.05) is 13.2 Å². The topological polar surface area (TPSA) is 34.5 Å². The number of nitrogens with zero attached hydrogens (tertiary/aromatic N) is 2. The zero-order chi connectivity index (χ0) is 13.2. The van der Waals surface area contributed by atoms with E-state index in [0.29, 0.717) is 12.5 Å². The number of carbonyl (C=O) groups excluding carboxylic acids is 1. The minimum absolute atomic E-state index is 0.114. The van der Waals surface area contributed by atoms with Gasteiger partial charge in [-0.25, -0.2) is 0 Å². The number of rotatable bonds is 3. The van der Waals surface area contributed by atoms with Crippen LogP contribution in [0.1, 0.15) is 31.9 Å². The van der Waals surface area contributed by atoms with Crippen molar-refractivity contribution in [3.8, 4) is 0 Å². The summed E-state index contributed by atoms with van der Waals surface area (Å²) in [5, 5.41) is 0. The fraction of sp³-hybridized carbons (Fsp3) is 0.667. The van der Waals surface area contributed by atoms with Crippen LogP contribution < -0.4 is 0 Å². The van der Waals surface area contributed by atoms with Gasteiger partial charge in [0.05, 0.1) is 19.2 Å². The van der Waals surface area contributed by atoms with Crippen LogP contribution in [0.25, 0.3) is 0 Å². The molecule has 0 spiro atoms. The van der Waals surface area contributed by atoms with Gasteiger partial charge in [-0.15, -0.1) is 0 Å². The lowest BCUT2D eigenvalue weighted by atomic mass is 9.84. The van der Waals surface area contributed by atoms with Crippen LogP contribution in [-0.4, -0.2) is 34.6 Å². The summed E-state index contributed by atoms with van der Waals surface area (Å²) in [6.07, 6.45) is 5.53. The third kappa shape index (κ3) is 2.54. The molecule has 0 saturated heterocycles. The smallest absolute Gasteiger partial charge is 0.226 e. The Kier molecular flexibility index (Phi) is 3.60. The Morgan fingerprint density at radius 2 is 2.26 bits per heavy atom. The molecule has 104 valence electrons. The number of aromatic nitrogens is 1. The first kappa shape index (κ1) is 12.7. The van der Waals surface area contributed by atoms with Gasteiger partial charge in [0, 0.05) is 31.0 Å². The molecule has 3 rings (SSSR count). The zero-order valence-electron chi connectivity index (χ0n) is 11.5. The Hall–Kier alpha value is -1.29. The molecule has 1 fully saturated rings. The largest absolute Gasteiger partial charge is 0.375 e. The van der Waals surface area contributed by atoms with E-state index in [-0.39, 0.29) is 12.0 Å². The Balaban J connectivity index is 1.77. The van der Waals surface area contributed by atoms with Gasteiger partial charge in [0.1, 0.15) is 0 Å². The Labute approximate surface area is 114 Å². The number of carbonyl (C=O) groups is 1. The fourth-order valence-corrected chi connectivity index (χ4v) is 2.98. The number of ether oxygens (including phenoxy) is 1. The van der Waals surface area contributed by atoms with E-state index in [1.165, 1.54) is 12.1 Å². The van der Waals surface area contributed by atoms with E-state index < -0.39 is 0 Å². The predicted octanol–water partition coefficient (Wildman–Crippen LogP) is 2.04. The third-order valence-electron chi connectivity index (χ3n) is 4.27. The summed E-state index contributed by atoms with van der Waals surface area (Å²) in [6.45, 7) is 5.02. The normalized spacial score (nSPS) is 23.6.